The first-order valence-corrected chi connectivity index (χ1v) is 3.15. The number of aliphatic hydroxyl groups excluding tert-OH is 1. The summed E-state index contributed by atoms with van der Waals surface area (Å²) >= 11 is 0. The summed E-state index contributed by atoms with van der Waals surface area (Å²) < 4.78 is 0. The Hall–Kier alpha value is -0.990. The van der Waals surface area contributed by atoms with Crippen molar-refractivity contribution in [1.82, 2.24) is 4.90 Å². The Morgan fingerprint density at radius 2 is 2.10 bits per heavy atom. The molecule has 0 unspecified atom stereocenters. The maximum absolute atomic E-state index is 10.9. The smallest absolute Gasteiger partial charge is 0.250 e. The lowest BCUT2D eigenvalue weighted by atomic mass is 10.1. The maximum Gasteiger partial charge on any atom is 0.250 e. The normalized spacial score (nSPS) is 23.3. The van der Waals surface area contributed by atoms with Crippen LogP contribution in [-0.4, -0.2) is 28.5 Å². The van der Waals surface area contributed by atoms with Gasteiger partial charge in [-0.15, -0.1) is 0 Å². The summed E-state index contributed by atoms with van der Waals surface area (Å²) in [6, 6.07) is 0. The molecule has 0 atom stereocenters. The van der Waals surface area contributed by atoms with Crippen molar-refractivity contribution in [2.24, 2.45) is 0 Å². The number of amides is 1. The van der Waals surface area contributed by atoms with Crippen LogP contribution in [0.4, 0.5) is 0 Å². The van der Waals surface area contributed by atoms with Gasteiger partial charge >= 0.3 is 0 Å². The minimum Gasteiger partial charge on any atom is -0.510 e. The fourth-order valence-electron chi connectivity index (χ4n) is 0.838. The molecule has 1 N–H and O–H groups in total. The summed E-state index contributed by atoms with van der Waals surface area (Å²) in [5.41, 5.74) is -0.517. The van der Waals surface area contributed by atoms with Crippen LogP contribution in [0.3, 0.4) is 0 Å². The zero-order valence-corrected chi connectivity index (χ0v) is 6.38. The van der Waals surface area contributed by atoms with E-state index in [1.807, 2.05) is 0 Å². The Morgan fingerprint density at radius 1 is 1.60 bits per heavy atom. The SMILES string of the molecule is CN1C(=O)C=C(O)C1(C)C. The van der Waals surface area contributed by atoms with E-state index in [1.54, 1.807) is 20.9 Å². The monoisotopic (exact) mass is 141 g/mol. The number of carbonyl (C=O) groups excluding carboxylic acids is 1. The van der Waals surface area contributed by atoms with Crippen LogP contribution in [0.25, 0.3) is 0 Å². The second kappa shape index (κ2) is 1.75. The Bertz CT molecular complexity index is 206. The van der Waals surface area contributed by atoms with Crippen LogP contribution in [0.2, 0.25) is 0 Å². The molecule has 0 fully saturated rings. The number of carbonyl (C=O) groups is 1. The summed E-state index contributed by atoms with van der Waals surface area (Å²) in [5, 5.41) is 9.20. The number of nitrogens with zero attached hydrogens (tertiary/aromatic N) is 1. The first-order valence-electron chi connectivity index (χ1n) is 3.15. The van der Waals surface area contributed by atoms with Crippen molar-refractivity contribution < 1.29 is 9.90 Å². The quantitative estimate of drug-likeness (QED) is 0.539. The van der Waals surface area contributed by atoms with Gasteiger partial charge in [0.05, 0.1) is 5.54 Å². The van der Waals surface area contributed by atoms with Crippen molar-refractivity contribution in [3.8, 4) is 0 Å². The number of rotatable bonds is 0. The molecule has 0 aromatic rings. The molecule has 3 heteroatoms. The van der Waals surface area contributed by atoms with E-state index in [9.17, 15) is 9.90 Å². The molecule has 56 valence electrons. The van der Waals surface area contributed by atoms with Gasteiger partial charge in [0.2, 0.25) is 0 Å². The van der Waals surface area contributed by atoms with E-state index < -0.39 is 5.54 Å². The third-order valence-electron chi connectivity index (χ3n) is 2.06. The molecule has 0 aromatic heterocycles. The van der Waals surface area contributed by atoms with Crippen molar-refractivity contribution in [2.45, 2.75) is 19.4 Å². The largest absolute Gasteiger partial charge is 0.510 e. The molecule has 0 saturated heterocycles. The highest BCUT2D eigenvalue weighted by atomic mass is 16.3. The van der Waals surface area contributed by atoms with Crippen molar-refractivity contribution in [3.05, 3.63) is 11.8 Å². The topological polar surface area (TPSA) is 40.5 Å². The minimum atomic E-state index is -0.517. The highest BCUT2D eigenvalue weighted by molar-refractivity contribution is 5.91. The molecule has 0 spiro atoms. The predicted octanol–water partition coefficient (Wildman–Crippen LogP) is 0.679. The van der Waals surface area contributed by atoms with E-state index in [0.717, 1.165) is 0 Å². The Morgan fingerprint density at radius 3 is 2.20 bits per heavy atom. The molecule has 0 aliphatic carbocycles. The molecular formula is C7H11NO2. The Kier molecular flexibility index (Phi) is 1.24. The Balaban J connectivity index is 3.00. The van der Waals surface area contributed by atoms with Gasteiger partial charge < -0.3 is 10.0 Å². The Labute approximate surface area is 59.9 Å². The van der Waals surface area contributed by atoms with Gasteiger partial charge in [-0.3, -0.25) is 4.79 Å². The number of hydrogen-bond acceptors (Lipinski definition) is 2. The third-order valence-corrected chi connectivity index (χ3v) is 2.06. The first kappa shape index (κ1) is 7.12. The fraction of sp³-hybridized carbons (Fsp3) is 0.571. The van der Waals surface area contributed by atoms with Gasteiger partial charge in [0.15, 0.2) is 0 Å². The molecule has 0 saturated carbocycles. The molecule has 0 radical (unpaired) electrons. The van der Waals surface area contributed by atoms with Crippen LogP contribution >= 0.6 is 0 Å². The van der Waals surface area contributed by atoms with Crippen LogP contribution in [0.1, 0.15) is 13.8 Å². The van der Waals surface area contributed by atoms with Crippen molar-refractivity contribution in [2.75, 3.05) is 7.05 Å². The molecule has 1 amide bonds. The first-order chi connectivity index (χ1) is 4.46. The summed E-state index contributed by atoms with van der Waals surface area (Å²) in [4.78, 5) is 12.4. The van der Waals surface area contributed by atoms with E-state index in [-0.39, 0.29) is 11.7 Å². The van der Waals surface area contributed by atoms with Gasteiger partial charge in [-0.25, -0.2) is 0 Å². The summed E-state index contributed by atoms with van der Waals surface area (Å²) in [7, 11) is 1.67. The average molecular weight is 141 g/mol. The number of likely N-dealkylation sites (N-methyl/N-ethyl adjacent to an activating group) is 1. The molecule has 3 nitrogen and oxygen atoms in total. The number of aliphatic hydroxyl groups is 1. The lowest BCUT2D eigenvalue weighted by Crippen LogP contribution is -2.40. The minimum absolute atomic E-state index is 0.137. The van der Waals surface area contributed by atoms with Crippen molar-refractivity contribution >= 4 is 5.91 Å². The molecule has 0 aromatic carbocycles. The third kappa shape index (κ3) is 0.701. The summed E-state index contributed by atoms with van der Waals surface area (Å²) in [6.45, 7) is 3.59. The predicted molar refractivity (Wildman–Crippen MR) is 37.6 cm³/mol. The van der Waals surface area contributed by atoms with E-state index >= 15 is 0 Å². The highest BCUT2D eigenvalue weighted by Crippen LogP contribution is 2.26. The van der Waals surface area contributed by atoms with Crippen LogP contribution in [0.15, 0.2) is 11.8 Å². The van der Waals surface area contributed by atoms with Gasteiger partial charge in [-0.1, -0.05) is 0 Å². The second-order valence-electron chi connectivity index (χ2n) is 2.99. The van der Waals surface area contributed by atoms with E-state index in [1.165, 1.54) is 11.0 Å². The van der Waals surface area contributed by atoms with Crippen LogP contribution in [0.5, 0.6) is 0 Å². The second-order valence-corrected chi connectivity index (χ2v) is 2.99. The maximum atomic E-state index is 10.9. The fourth-order valence-corrected chi connectivity index (χ4v) is 0.838. The van der Waals surface area contributed by atoms with Gasteiger partial charge in [0.25, 0.3) is 5.91 Å². The lowest BCUT2D eigenvalue weighted by Gasteiger charge is -2.28. The molecule has 0 bridgehead atoms. The highest BCUT2D eigenvalue weighted by Gasteiger charge is 2.37. The molecule has 1 rings (SSSR count). The summed E-state index contributed by atoms with van der Waals surface area (Å²) in [5.74, 6) is 0.00231. The van der Waals surface area contributed by atoms with Crippen LogP contribution < -0.4 is 0 Å². The zero-order valence-electron chi connectivity index (χ0n) is 6.38. The molecule has 1 heterocycles. The summed E-state index contributed by atoms with van der Waals surface area (Å²) in [6.07, 6.45) is 1.25. The van der Waals surface area contributed by atoms with Gasteiger partial charge in [-0.2, -0.15) is 0 Å². The van der Waals surface area contributed by atoms with Crippen molar-refractivity contribution in [3.63, 3.8) is 0 Å². The molecule has 10 heavy (non-hydrogen) atoms. The molecular weight excluding hydrogens is 130 g/mol. The van der Waals surface area contributed by atoms with E-state index in [0.29, 0.717) is 0 Å². The van der Waals surface area contributed by atoms with E-state index in [2.05, 4.69) is 0 Å². The molecule has 1 aliphatic rings. The van der Waals surface area contributed by atoms with Gasteiger partial charge in [-0.05, 0) is 13.8 Å². The average Bonchev–Trinajstić information content (AvgIpc) is 1.97. The standard InChI is InChI=1S/C7H11NO2/c1-7(2)5(9)4-6(10)8(7)3/h4,9H,1-3H3. The van der Waals surface area contributed by atoms with Gasteiger partial charge in [0.1, 0.15) is 5.76 Å². The number of hydrogen-bond donors (Lipinski definition) is 1. The van der Waals surface area contributed by atoms with Crippen molar-refractivity contribution in [1.29, 1.82) is 0 Å². The van der Waals surface area contributed by atoms with E-state index in [4.69, 9.17) is 0 Å². The zero-order chi connectivity index (χ0) is 7.94. The lowest BCUT2D eigenvalue weighted by molar-refractivity contribution is -0.126. The van der Waals surface area contributed by atoms with Crippen LogP contribution in [0, 0.1) is 0 Å². The van der Waals surface area contributed by atoms with Crippen LogP contribution in [-0.2, 0) is 4.79 Å². The molecule has 1 aliphatic heterocycles. The van der Waals surface area contributed by atoms with Gasteiger partial charge in [0, 0.05) is 13.1 Å².